The highest BCUT2D eigenvalue weighted by Crippen LogP contribution is 2.14. The lowest BCUT2D eigenvalue weighted by Crippen LogP contribution is -2.01. The van der Waals surface area contributed by atoms with Gasteiger partial charge >= 0.3 is 6.61 Å². The highest BCUT2D eigenvalue weighted by Gasteiger charge is 2.02. The van der Waals surface area contributed by atoms with Gasteiger partial charge in [0.2, 0.25) is 0 Å². The Morgan fingerprint density at radius 2 is 1.86 bits per heavy atom. The standard InChI is InChI=1S/C8H8F2O.C3H8/c1-6-3-2-4-7(5-6)11-8(9)10;1-3-2/h2-5,8H,1H3;3H2,1-2H3. The SMILES string of the molecule is CCC.Cc1cccc(OC(F)F)c1. The molecule has 3 heteroatoms. The van der Waals surface area contributed by atoms with E-state index in [9.17, 15) is 8.78 Å². The van der Waals surface area contributed by atoms with Crippen molar-refractivity contribution in [1.82, 2.24) is 0 Å². The molecule has 0 aliphatic rings. The summed E-state index contributed by atoms with van der Waals surface area (Å²) in [6.45, 7) is 3.33. The molecule has 0 atom stereocenters. The van der Waals surface area contributed by atoms with Crippen LogP contribution in [0.3, 0.4) is 0 Å². The lowest BCUT2D eigenvalue weighted by molar-refractivity contribution is -0.0498. The third-order valence-corrected chi connectivity index (χ3v) is 1.21. The van der Waals surface area contributed by atoms with E-state index in [2.05, 4.69) is 18.6 Å². The van der Waals surface area contributed by atoms with E-state index in [0.29, 0.717) is 0 Å². The quantitative estimate of drug-likeness (QED) is 0.704. The minimum Gasteiger partial charge on any atom is -0.435 e. The van der Waals surface area contributed by atoms with Crippen LogP contribution in [0.4, 0.5) is 8.78 Å². The summed E-state index contributed by atoms with van der Waals surface area (Å²) in [5.41, 5.74) is 0.906. The Morgan fingerprint density at radius 1 is 1.29 bits per heavy atom. The van der Waals surface area contributed by atoms with E-state index in [4.69, 9.17) is 0 Å². The zero-order valence-electron chi connectivity index (χ0n) is 8.76. The third kappa shape index (κ3) is 6.40. The maximum absolute atomic E-state index is 11.6. The summed E-state index contributed by atoms with van der Waals surface area (Å²) >= 11 is 0. The molecular formula is C11H16F2O. The van der Waals surface area contributed by atoms with Gasteiger partial charge in [0.25, 0.3) is 0 Å². The fraction of sp³-hybridized carbons (Fsp3) is 0.455. The van der Waals surface area contributed by atoms with Gasteiger partial charge in [-0.2, -0.15) is 8.78 Å². The number of rotatable bonds is 2. The summed E-state index contributed by atoms with van der Waals surface area (Å²) in [7, 11) is 0. The van der Waals surface area contributed by atoms with Crippen LogP contribution in [0.25, 0.3) is 0 Å². The van der Waals surface area contributed by atoms with Gasteiger partial charge in [0.05, 0.1) is 0 Å². The number of hydrogen-bond donors (Lipinski definition) is 0. The van der Waals surface area contributed by atoms with Crippen molar-refractivity contribution in [1.29, 1.82) is 0 Å². The molecule has 0 aromatic heterocycles. The van der Waals surface area contributed by atoms with Crippen LogP contribution in [0.2, 0.25) is 0 Å². The van der Waals surface area contributed by atoms with Gasteiger partial charge in [-0.25, -0.2) is 0 Å². The molecule has 0 saturated carbocycles. The van der Waals surface area contributed by atoms with Gasteiger partial charge in [0, 0.05) is 0 Å². The molecule has 14 heavy (non-hydrogen) atoms. The molecule has 0 heterocycles. The van der Waals surface area contributed by atoms with E-state index >= 15 is 0 Å². The van der Waals surface area contributed by atoms with Gasteiger partial charge in [-0.1, -0.05) is 32.4 Å². The van der Waals surface area contributed by atoms with E-state index in [0.717, 1.165) is 5.56 Å². The number of ether oxygens (including phenoxy) is 1. The lowest BCUT2D eigenvalue weighted by atomic mass is 10.2. The highest BCUT2D eigenvalue weighted by molar-refractivity contribution is 5.27. The van der Waals surface area contributed by atoms with Crippen LogP contribution in [-0.2, 0) is 0 Å². The van der Waals surface area contributed by atoms with E-state index in [1.807, 2.05) is 13.0 Å². The minimum absolute atomic E-state index is 0.208. The molecule has 1 aromatic rings. The van der Waals surface area contributed by atoms with Crippen molar-refractivity contribution in [2.24, 2.45) is 0 Å². The summed E-state index contributed by atoms with van der Waals surface area (Å²) in [5, 5.41) is 0. The first-order chi connectivity index (χ1) is 6.60. The monoisotopic (exact) mass is 202 g/mol. The number of hydrogen-bond acceptors (Lipinski definition) is 1. The Morgan fingerprint density at radius 3 is 2.29 bits per heavy atom. The summed E-state index contributed by atoms with van der Waals surface area (Å²) in [6, 6.07) is 6.55. The molecule has 0 spiro atoms. The molecule has 1 aromatic carbocycles. The van der Waals surface area contributed by atoms with Gasteiger partial charge in [0.15, 0.2) is 0 Å². The molecule has 1 nitrogen and oxygen atoms in total. The molecule has 0 aliphatic heterocycles. The molecule has 0 radical (unpaired) electrons. The summed E-state index contributed by atoms with van der Waals surface area (Å²) in [6.07, 6.45) is 1.25. The van der Waals surface area contributed by atoms with Gasteiger partial charge in [-0.15, -0.1) is 0 Å². The smallest absolute Gasteiger partial charge is 0.387 e. The molecule has 0 aliphatic carbocycles. The molecular weight excluding hydrogens is 186 g/mol. The number of halogens is 2. The molecule has 0 N–H and O–H groups in total. The second-order valence-electron chi connectivity index (χ2n) is 2.90. The van der Waals surface area contributed by atoms with Crippen molar-refractivity contribution in [3.8, 4) is 5.75 Å². The van der Waals surface area contributed by atoms with Crippen LogP contribution >= 0.6 is 0 Å². The third-order valence-electron chi connectivity index (χ3n) is 1.21. The van der Waals surface area contributed by atoms with E-state index in [-0.39, 0.29) is 5.75 Å². The summed E-state index contributed by atoms with van der Waals surface area (Å²) < 4.78 is 27.4. The molecule has 0 fully saturated rings. The second kappa shape index (κ2) is 7.30. The molecule has 0 saturated heterocycles. The first kappa shape index (κ1) is 12.9. The molecule has 0 unspecified atom stereocenters. The van der Waals surface area contributed by atoms with Gasteiger partial charge in [-0.3, -0.25) is 0 Å². The van der Waals surface area contributed by atoms with Crippen LogP contribution in [0.5, 0.6) is 5.75 Å². The van der Waals surface area contributed by atoms with Gasteiger partial charge < -0.3 is 4.74 Å². The van der Waals surface area contributed by atoms with Crippen LogP contribution in [0, 0.1) is 6.92 Å². The summed E-state index contributed by atoms with van der Waals surface area (Å²) in [4.78, 5) is 0. The van der Waals surface area contributed by atoms with E-state index in [1.54, 1.807) is 12.1 Å². The van der Waals surface area contributed by atoms with Crippen molar-refractivity contribution in [2.45, 2.75) is 33.8 Å². The molecule has 1 rings (SSSR count). The number of benzene rings is 1. The molecule has 0 bridgehead atoms. The van der Waals surface area contributed by atoms with Crippen molar-refractivity contribution >= 4 is 0 Å². The first-order valence-electron chi connectivity index (χ1n) is 4.61. The summed E-state index contributed by atoms with van der Waals surface area (Å²) in [5.74, 6) is 0.208. The fourth-order valence-electron chi connectivity index (χ4n) is 0.792. The zero-order chi connectivity index (χ0) is 11.0. The zero-order valence-corrected chi connectivity index (χ0v) is 8.76. The van der Waals surface area contributed by atoms with Gasteiger partial charge in [-0.05, 0) is 24.6 Å². The average Bonchev–Trinajstić information content (AvgIpc) is 2.03. The first-order valence-corrected chi connectivity index (χ1v) is 4.61. The van der Waals surface area contributed by atoms with E-state index in [1.165, 1.54) is 12.5 Å². The normalized spacial score (nSPS) is 9.29. The fourth-order valence-corrected chi connectivity index (χ4v) is 0.792. The minimum atomic E-state index is -2.74. The van der Waals surface area contributed by atoms with Gasteiger partial charge in [0.1, 0.15) is 5.75 Å². The van der Waals surface area contributed by atoms with Crippen molar-refractivity contribution < 1.29 is 13.5 Å². The topological polar surface area (TPSA) is 9.23 Å². The maximum Gasteiger partial charge on any atom is 0.387 e. The van der Waals surface area contributed by atoms with Crippen molar-refractivity contribution in [3.05, 3.63) is 29.8 Å². The predicted octanol–water partition coefficient (Wildman–Crippen LogP) is 4.01. The lowest BCUT2D eigenvalue weighted by Gasteiger charge is -2.03. The Hall–Kier alpha value is -1.12. The van der Waals surface area contributed by atoms with Crippen LogP contribution < -0.4 is 4.74 Å². The van der Waals surface area contributed by atoms with Crippen LogP contribution in [0.15, 0.2) is 24.3 Å². The Kier molecular flexibility index (Phi) is 6.72. The predicted molar refractivity (Wildman–Crippen MR) is 53.8 cm³/mol. The van der Waals surface area contributed by atoms with Crippen LogP contribution in [-0.4, -0.2) is 6.61 Å². The molecule has 0 amide bonds. The Balaban J connectivity index is 0.000000500. The van der Waals surface area contributed by atoms with Crippen LogP contribution in [0.1, 0.15) is 25.8 Å². The van der Waals surface area contributed by atoms with Crippen molar-refractivity contribution in [2.75, 3.05) is 0 Å². The molecule has 80 valence electrons. The largest absolute Gasteiger partial charge is 0.435 e. The number of alkyl halides is 2. The number of aryl methyl sites for hydroxylation is 1. The maximum atomic E-state index is 11.6. The Bertz CT molecular complexity index is 249. The van der Waals surface area contributed by atoms with Crippen molar-refractivity contribution in [3.63, 3.8) is 0 Å². The second-order valence-corrected chi connectivity index (χ2v) is 2.90. The van der Waals surface area contributed by atoms with E-state index < -0.39 is 6.61 Å². The Labute approximate surface area is 83.7 Å². The highest BCUT2D eigenvalue weighted by atomic mass is 19.3. The average molecular weight is 202 g/mol.